The van der Waals surface area contributed by atoms with Gasteiger partial charge >= 0.3 is 0 Å². The van der Waals surface area contributed by atoms with Gasteiger partial charge in [-0.1, -0.05) is 27.5 Å². The number of aromatic nitrogens is 1. The van der Waals surface area contributed by atoms with Crippen molar-refractivity contribution in [3.8, 4) is 11.6 Å². The second kappa shape index (κ2) is 5.50. The minimum absolute atomic E-state index is 0.0328. The number of halogens is 3. The van der Waals surface area contributed by atoms with E-state index in [-0.39, 0.29) is 22.3 Å². The highest BCUT2D eigenvalue weighted by Crippen LogP contribution is 2.31. The number of hydrogen-bond donors (Lipinski definition) is 0. The number of benzene rings is 1. The van der Waals surface area contributed by atoms with E-state index in [9.17, 15) is 14.5 Å². The first-order valence-corrected chi connectivity index (χ1v) is 6.06. The van der Waals surface area contributed by atoms with E-state index in [0.717, 1.165) is 18.3 Å². The smallest absolute Gasteiger partial charge is 0.289 e. The van der Waals surface area contributed by atoms with E-state index in [1.54, 1.807) is 0 Å². The standard InChI is InChI=1S/C11H5BrClFN2O3/c12-6-1-7(14)3-9(2-6)19-11-10(13)4-8(5-15-11)16(17)18/h1-5H. The molecule has 1 aromatic heterocycles. The Morgan fingerprint density at radius 3 is 2.68 bits per heavy atom. The number of ether oxygens (including phenoxy) is 1. The minimum Gasteiger partial charge on any atom is -0.437 e. The molecule has 98 valence electrons. The molecule has 19 heavy (non-hydrogen) atoms. The Balaban J connectivity index is 2.30. The van der Waals surface area contributed by atoms with Crippen LogP contribution in [-0.2, 0) is 0 Å². The van der Waals surface area contributed by atoms with Gasteiger partial charge in [-0.3, -0.25) is 10.1 Å². The summed E-state index contributed by atoms with van der Waals surface area (Å²) in [6, 6.07) is 5.03. The van der Waals surface area contributed by atoms with Crippen LogP contribution in [0, 0.1) is 15.9 Å². The highest BCUT2D eigenvalue weighted by molar-refractivity contribution is 9.10. The van der Waals surface area contributed by atoms with E-state index in [1.165, 1.54) is 12.1 Å². The molecule has 0 saturated heterocycles. The van der Waals surface area contributed by atoms with Crippen LogP contribution >= 0.6 is 27.5 Å². The molecule has 2 rings (SSSR count). The number of rotatable bonds is 3. The lowest BCUT2D eigenvalue weighted by Gasteiger charge is -2.06. The molecule has 1 aromatic carbocycles. The van der Waals surface area contributed by atoms with E-state index in [1.807, 2.05) is 0 Å². The van der Waals surface area contributed by atoms with Crippen LogP contribution in [0.3, 0.4) is 0 Å². The molecule has 0 amide bonds. The molecule has 0 spiro atoms. The Morgan fingerprint density at radius 1 is 1.37 bits per heavy atom. The van der Waals surface area contributed by atoms with Crippen molar-refractivity contribution in [2.45, 2.75) is 0 Å². The van der Waals surface area contributed by atoms with Crippen LogP contribution in [0.2, 0.25) is 5.02 Å². The van der Waals surface area contributed by atoms with E-state index in [0.29, 0.717) is 4.47 Å². The molecule has 0 N–H and O–H groups in total. The zero-order valence-corrected chi connectivity index (χ0v) is 11.5. The Morgan fingerprint density at radius 2 is 2.11 bits per heavy atom. The first-order chi connectivity index (χ1) is 8.95. The molecule has 1 heterocycles. The fourth-order valence-corrected chi connectivity index (χ4v) is 1.93. The van der Waals surface area contributed by atoms with Crippen LogP contribution in [0.15, 0.2) is 34.9 Å². The highest BCUT2D eigenvalue weighted by Gasteiger charge is 2.13. The van der Waals surface area contributed by atoms with Crippen molar-refractivity contribution in [3.63, 3.8) is 0 Å². The number of pyridine rings is 1. The zero-order chi connectivity index (χ0) is 14.0. The molecule has 0 aliphatic carbocycles. The summed E-state index contributed by atoms with van der Waals surface area (Å²) in [5, 5.41) is 10.5. The first-order valence-electron chi connectivity index (χ1n) is 4.89. The third-order valence-electron chi connectivity index (χ3n) is 2.05. The summed E-state index contributed by atoms with van der Waals surface area (Å²) >= 11 is 8.92. The summed E-state index contributed by atoms with van der Waals surface area (Å²) in [6.07, 6.45) is 1.01. The normalized spacial score (nSPS) is 10.3. The molecule has 0 bridgehead atoms. The maximum absolute atomic E-state index is 13.1. The lowest BCUT2D eigenvalue weighted by molar-refractivity contribution is -0.385. The van der Waals surface area contributed by atoms with Crippen LogP contribution in [0.25, 0.3) is 0 Å². The van der Waals surface area contributed by atoms with E-state index < -0.39 is 10.7 Å². The number of nitrogens with zero attached hydrogens (tertiary/aromatic N) is 2. The lowest BCUT2D eigenvalue weighted by atomic mass is 10.3. The Hall–Kier alpha value is -1.73. The van der Waals surface area contributed by atoms with Gasteiger partial charge in [0.25, 0.3) is 5.69 Å². The van der Waals surface area contributed by atoms with Gasteiger partial charge in [0.1, 0.15) is 22.8 Å². The van der Waals surface area contributed by atoms with Gasteiger partial charge < -0.3 is 4.74 Å². The van der Waals surface area contributed by atoms with Gasteiger partial charge in [-0.25, -0.2) is 9.37 Å². The summed E-state index contributed by atoms with van der Waals surface area (Å²) in [5.74, 6) is -0.359. The van der Waals surface area contributed by atoms with Crippen molar-refractivity contribution in [1.82, 2.24) is 4.98 Å². The average Bonchev–Trinajstić information content (AvgIpc) is 2.30. The molecule has 0 aliphatic rings. The zero-order valence-electron chi connectivity index (χ0n) is 9.14. The molecule has 0 radical (unpaired) electrons. The summed E-state index contributed by atoms with van der Waals surface area (Å²) in [6.45, 7) is 0. The molecule has 5 nitrogen and oxygen atoms in total. The molecule has 8 heteroatoms. The molecule has 2 aromatic rings. The second-order valence-corrected chi connectivity index (χ2v) is 4.77. The first kappa shape index (κ1) is 13.7. The summed E-state index contributed by atoms with van der Waals surface area (Å²) in [7, 11) is 0. The fourth-order valence-electron chi connectivity index (χ4n) is 1.29. The highest BCUT2D eigenvalue weighted by atomic mass is 79.9. The lowest BCUT2D eigenvalue weighted by Crippen LogP contribution is -1.93. The summed E-state index contributed by atoms with van der Waals surface area (Å²) in [4.78, 5) is 13.6. The van der Waals surface area contributed by atoms with Gasteiger partial charge in [-0.2, -0.15) is 0 Å². The third-order valence-corrected chi connectivity index (χ3v) is 2.78. The minimum atomic E-state index is -0.624. The van der Waals surface area contributed by atoms with Gasteiger partial charge in [0.2, 0.25) is 5.88 Å². The Bertz CT molecular complexity index is 634. The number of nitro groups is 1. The van der Waals surface area contributed by atoms with Crippen molar-refractivity contribution in [2.75, 3.05) is 0 Å². The Labute approximate surface area is 120 Å². The monoisotopic (exact) mass is 346 g/mol. The third kappa shape index (κ3) is 3.39. The van der Waals surface area contributed by atoms with E-state index in [4.69, 9.17) is 16.3 Å². The molecule has 0 unspecified atom stereocenters. The fraction of sp³-hybridized carbons (Fsp3) is 0. The van der Waals surface area contributed by atoms with E-state index >= 15 is 0 Å². The molecular formula is C11H5BrClFN2O3. The van der Waals surface area contributed by atoms with Crippen molar-refractivity contribution in [3.05, 3.63) is 55.9 Å². The maximum atomic E-state index is 13.1. The van der Waals surface area contributed by atoms with E-state index in [2.05, 4.69) is 20.9 Å². The van der Waals surface area contributed by atoms with Crippen LogP contribution in [-0.4, -0.2) is 9.91 Å². The van der Waals surface area contributed by atoms with Crippen LogP contribution < -0.4 is 4.74 Å². The molecule has 0 aliphatic heterocycles. The SMILES string of the molecule is O=[N+]([O-])c1cnc(Oc2cc(F)cc(Br)c2)c(Cl)c1. The van der Waals surface area contributed by atoms with Crippen molar-refractivity contribution in [2.24, 2.45) is 0 Å². The predicted molar refractivity (Wildman–Crippen MR) is 70.1 cm³/mol. The largest absolute Gasteiger partial charge is 0.437 e. The van der Waals surface area contributed by atoms with Crippen molar-refractivity contribution < 1.29 is 14.1 Å². The topological polar surface area (TPSA) is 65.3 Å². The van der Waals surface area contributed by atoms with Crippen LogP contribution in [0.4, 0.5) is 10.1 Å². The van der Waals surface area contributed by atoms with Gasteiger partial charge in [-0.15, -0.1) is 0 Å². The van der Waals surface area contributed by atoms with Crippen LogP contribution in [0.1, 0.15) is 0 Å². The van der Waals surface area contributed by atoms with Gasteiger partial charge in [-0.05, 0) is 12.1 Å². The summed E-state index contributed by atoms with van der Waals surface area (Å²) < 4.78 is 18.9. The average molecular weight is 348 g/mol. The molecular weight excluding hydrogens is 342 g/mol. The van der Waals surface area contributed by atoms with Crippen molar-refractivity contribution >= 4 is 33.2 Å². The second-order valence-electron chi connectivity index (χ2n) is 3.44. The van der Waals surface area contributed by atoms with Gasteiger partial charge in [0.05, 0.1) is 4.92 Å². The molecule has 0 fully saturated rings. The molecule has 0 saturated carbocycles. The maximum Gasteiger partial charge on any atom is 0.289 e. The molecule has 0 atom stereocenters. The van der Waals surface area contributed by atoms with Crippen molar-refractivity contribution in [1.29, 1.82) is 0 Å². The summed E-state index contributed by atoms with van der Waals surface area (Å²) in [5.41, 5.74) is -0.252. The van der Waals surface area contributed by atoms with Gasteiger partial charge in [0.15, 0.2) is 0 Å². The quantitative estimate of drug-likeness (QED) is 0.612. The predicted octanol–water partition coefficient (Wildman–Crippen LogP) is 4.34. The van der Waals surface area contributed by atoms with Gasteiger partial charge in [0, 0.05) is 16.6 Å². The van der Waals surface area contributed by atoms with Crippen LogP contribution in [0.5, 0.6) is 11.6 Å². The Kier molecular flexibility index (Phi) is 3.96. The number of hydrogen-bond acceptors (Lipinski definition) is 4.